The lowest BCUT2D eigenvalue weighted by atomic mass is 9.75. The molecular weight excluding hydrogens is 354 g/mol. The number of aromatic nitrogens is 2. The predicted molar refractivity (Wildman–Crippen MR) is 108 cm³/mol. The molecule has 152 valence electrons. The number of benzene rings is 1. The number of hydrogen-bond donors (Lipinski definition) is 0. The number of aryl methyl sites for hydroxylation is 1. The molecule has 1 aliphatic heterocycles. The maximum absolute atomic E-state index is 13.0. The van der Waals surface area contributed by atoms with Crippen molar-refractivity contribution in [3.63, 3.8) is 0 Å². The van der Waals surface area contributed by atoms with E-state index in [4.69, 9.17) is 9.47 Å². The minimum absolute atomic E-state index is 0.0744. The van der Waals surface area contributed by atoms with Gasteiger partial charge in [-0.05, 0) is 69.5 Å². The Labute approximate surface area is 167 Å². The molecule has 28 heavy (non-hydrogen) atoms. The van der Waals surface area contributed by atoms with Crippen molar-refractivity contribution in [2.24, 2.45) is 5.41 Å². The number of piperidine rings is 1. The summed E-state index contributed by atoms with van der Waals surface area (Å²) < 4.78 is 12.8. The molecule has 6 nitrogen and oxygen atoms in total. The molecule has 1 aromatic heterocycles. The highest BCUT2D eigenvalue weighted by Crippen LogP contribution is 2.36. The summed E-state index contributed by atoms with van der Waals surface area (Å²) in [4.78, 5) is 15.4. The van der Waals surface area contributed by atoms with E-state index in [1.807, 2.05) is 42.1 Å². The van der Waals surface area contributed by atoms with Crippen LogP contribution in [0.1, 0.15) is 31.7 Å². The second kappa shape index (κ2) is 9.73. The molecule has 3 rings (SSSR count). The average molecular weight is 386 g/mol. The molecule has 2 aromatic rings. The van der Waals surface area contributed by atoms with Crippen LogP contribution in [-0.2, 0) is 22.5 Å². The molecule has 0 aliphatic carbocycles. The first-order valence-corrected chi connectivity index (χ1v) is 10.1. The van der Waals surface area contributed by atoms with E-state index in [9.17, 15) is 4.79 Å². The van der Waals surface area contributed by atoms with Crippen molar-refractivity contribution in [1.29, 1.82) is 0 Å². The Morgan fingerprint density at radius 3 is 2.93 bits per heavy atom. The van der Waals surface area contributed by atoms with Crippen molar-refractivity contribution >= 4 is 5.97 Å². The second-order valence-corrected chi connectivity index (χ2v) is 7.53. The third-order valence-electron chi connectivity index (χ3n) is 5.46. The average Bonchev–Trinajstić information content (AvgIpc) is 3.22. The molecule has 6 heteroatoms. The van der Waals surface area contributed by atoms with Gasteiger partial charge in [0.2, 0.25) is 0 Å². The van der Waals surface area contributed by atoms with E-state index in [0.29, 0.717) is 13.0 Å². The van der Waals surface area contributed by atoms with E-state index in [2.05, 4.69) is 16.1 Å². The van der Waals surface area contributed by atoms with Crippen LogP contribution in [0.15, 0.2) is 42.7 Å². The lowest BCUT2D eigenvalue weighted by Gasteiger charge is -2.41. The molecule has 1 unspecified atom stereocenters. The van der Waals surface area contributed by atoms with Crippen LogP contribution in [0.4, 0.5) is 0 Å². The van der Waals surface area contributed by atoms with Gasteiger partial charge in [-0.1, -0.05) is 12.1 Å². The van der Waals surface area contributed by atoms with Crippen LogP contribution in [0.5, 0.6) is 5.75 Å². The second-order valence-electron chi connectivity index (χ2n) is 7.53. The monoisotopic (exact) mass is 385 g/mol. The number of carbonyl (C=O) groups is 1. The Morgan fingerprint density at radius 1 is 1.29 bits per heavy atom. The van der Waals surface area contributed by atoms with E-state index >= 15 is 0 Å². The molecule has 2 heterocycles. The fraction of sp³-hybridized carbons (Fsp3) is 0.545. The van der Waals surface area contributed by atoms with Crippen molar-refractivity contribution in [2.75, 3.05) is 33.4 Å². The lowest BCUT2D eigenvalue weighted by molar-refractivity contribution is -0.159. The fourth-order valence-electron chi connectivity index (χ4n) is 4.15. The first-order chi connectivity index (χ1) is 13.6. The highest BCUT2D eigenvalue weighted by Gasteiger charge is 2.43. The van der Waals surface area contributed by atoms with Gasteiger partial charge in [0.05, 0.1) is 19.1 Å². The van der Waals surface area contributed by atoms with Gasteiger partial charge in [0, 0.05) is 25.5 Å². The summed E-state index contributed by atoms with van der Waals surface area (Å²) >= 11 is 0. The smallest absolute Gasteiger partial charge is 0.313 e. The number of hydrogen-bond acceptors (Lipinski definition) is 5. The van der Waals surface area contributed by atoms with Crippen LogP contribution >= 0.6 is 0 Å². The minimum atomic E-state index is -0.494. The summed E-state index contributed by atoms with van der Waals surface area (Å²) in [6, 6.07) is 9.96. The van der Waals surface area contributed by atoms with Crippen LogP contribution in [0, 0.1) is 5.41 Å². The van der Waals surface area contributed by atoms with Crippen molar-refractivity contribution in [2.45, 2.75) is 39.2 Å². The standard InChI is InChI=1S/C22H31N3O3/c1-3-28-21(26)22(17-19-8-4-9-20(16-19)27-2)10-5-12-24(18-22)13-7-15-25-14-6-11-23-25/h4,6,8-9,11,14,16H,3,5,7,10,12-13,15,17-18H2,1-2H3. The highest BCUT2D eigenvalue weighted by atomic mass is 16.5. The maximum atomic E-state index is 13.0. The van der Waals surface area contributed by atoms with Crippen LogP contribution in [0.3, 0.4) is 0 Å². The van der Waals surface area contributed by atoms with Crippen molar-refractivity contribution in [3.8, 4) is 5.75 Å². The third-order valence-corrected chi connectivity index (χ3v) is 5.46. The van der Waals surface area contributed by atoms with Gasteiger partial charge >= 0.3 is 5.97 Å². The molecule has 1 atom stereocenters. The molecule has 0 saturated carbocycles. The van der Waals surface area contributed by atoms with Crippen LogP contribution in [0.25, 0.3) is 0 Å². The van der Waals surface area contributed by atoms with Crippen molar-refractivity contribution in [1.82, 2.24) is 14.7 Å². The summed E-state index contributed by atoms with van der Waals surface area (Å²) in [6.07, 6.45) is 7.35. The zero-order valence-corrected chi connectivity index (χ0v) is 17.0. The highest BCUT2D eigenvalue weighted by molar-refractivity contribution is 5.78. The lowest BCUT2D eigenvalue weighted by Crippen LogP contribution is -2.50. The molecule has 1 saturated heterocycles. The van der Waals surface area contributed by atoms with E-state index in [-0.39, 0.29) is 5.97 Å². The summed E-state index contributed by atoms with van der Waals surface area (Å²) in [5.74, 6) is 0.748. The zero-order chi connectivity index (χ0) is 19.8. The van der Waals surface area contributed by atoms with Crippen LogP contribution in [0.2, 0.25) is 0 Å². The van der Waals surface area contributed by atoms with Gasteiger partial charge in [-0.15, -0.1) is 0 Å². The van der Waals surface area contributed by atoms with Gasteiger partial charge in [0.1, 0.15) is 5.75 Å². The number of methoxy groups -OCH3 is 1. The van der Waals surface area contributed by atoms with E-state index in [1.54, 1.807) is 13.3 Å². The van der Waals surface area contributed by atoms with Crippen LogP contribution < -0.4 is 4.74 Å². The van der Waals surface area contributed by atoms with Gasteiger partial charge in [-0.25, -0.2) is 0 Å². The van der Waals surface area contributed by atoms with Crippen molar-refractivity contribution < 1.29 is 14.3 Å². The Balaban J connectivity index is 1.69. The number of likely N-dealkylation sites (tertiary alicyclic amines) is 1. The number of esters is 1. The largest absolute Gasteiger partial charge is 0.497 e. The first kappa shape index (κ1) is 20.4. The predicted octanol–water partition coefficient (Wildman–Crippen LogP) is 3.17. The number of carbonyl (C=O) groups excluding carboxylic acids is 1. The SMILES string of the molecule is CCOC(=O)C1(Cc2cccc(OC)c2)CCCN(CCCn2cccn2)C1. The number of nitrogens with zero attached hydrogens (tertiary/aromatic N) is 3. The minimum Gasteiger partial charge on any atom is -0.497 e. The maximum Gasteiger partial charge on any atom is 0.313 e. The molecule has 1 fully saturated rings. The molecule has 0 bridgehead atoms. The van der Waals surface area contributed by atoms with Crippen LogP contribution in [-0.4, -0.2) is 54.0 Å². The molecule has 0 amide bonds. The van der Waals surface area contributed by atoms with E-state index in [1.165, 1.54) is 0 Å². The molecule has 0 N–H and O–H groups in total. The fourth-order valence-corrected chi connectivity index (χ4v) is 4.15. The topological polar surface area (TPSA) is 56.6 Å². The third kappa shape index (κ3) is 5.13. The number of ether oxygens (including phenoxy) is 2. The van der Waals surface area contributed by atoms with Gasteiger partial charge in [0.25, 0.3) is 0 Å². The van der Waals surface area contributed by atoms with Gasteiger partial charge in [0.15, 0.2) is 0 Å². The van der Waals surface area contributed by atoms with E-state index < -0.39 is 5.41 Å². The van der Waals surface area contributed by atoms with Gasteiger partial charge < -0.3 is 14.4 Å². The Bertz CT molecular complexity index is 747. The Morgan fingerprint density at radius 2 is 2.18 bits per heavy atom. The summed E-state index contributed by atoms with van der Waals surface area (Å²) in [7, 11) is 1.67. The number of rotatable bonds is 9. The van der Waals surface area contributed by atoms with Gasteiger partial charge in [-0.3, -0.25) is 9.48 Å². The molecule has 1 aliphatic rings. The molecule has 1 aromatic carbocycles. The summed E-state index contributed by atoms with van der Waals surface area (Å²) in [5, 5.41) is 4.26. The normalized spacial score (nSPS) is 20.1. The Hall–Kier alpha value is -2.34. The summed E-state index contributed by atoms with van der Waals surface area (Å²) in [6.45, 7) is 5.91. The van der Waals surface area contributed by atoms with E-state index in [0.717, 1.165) is 56.8 Å². The first-order valence-electron chi connectivity index (χ1n) is 10.1. The molecule has 0 radical (unpaired) electrons. The van der Waals surface area contributed by atoms with Gasteiger partial charge in [-0.2, -0.15) is 5.10 Å². The molecular formula is C22H31N3O3. The Kier molecular flexibility index (Phi) is 7.09. The zero-order valence-electron chi connectivity index (χ0n) is 17.0. The molecule has 0 spiro atoms. The van der Waals surface area contributed by atoms with Crippen molar-refractivity contribution in [3.05, 3.63) is 48.3 Å². The quantitative estimate of drug-likeness (QED) is 0.621. The summed E-state index contributed by atoms with van der Waals surface area (Å²) in [5.41, 5.74) is 0.623.